The largest absolute Gasteiger partial charge is 0.453 e. The Morgan fingerprint density at radius 1 is 1.26 bits per heavy atom. The summed E-state index contributed by atoms with van der Waals surface area (Å²) < 4.78 is 5.72. The van der Waals surface area contributed by atoms with Crippen molar-refractivity contribution < 1.29 is 9.52 Å². The van der Waals surface area contributed by atoms with Gasteiger partial charge in [0.1, 0.15) is 5.58 Å². The average Bonchev–Trinajstić information content (AvgIpc) is 2.81. The van der Waals surface area contributed by atoms with Crippen LogP contribution in [-0.2, 0) is 0 Å². The van der Waals surface area contributed by atoms with Crippen molar-refractivity contribution in [1.82, 2.24) is 9.97 Å². The molecule has 1 atom stereocenters. The Morgan fingerprint density at radius 2 is 2.05 bits per heavy atom. The summed E-state index contributed by atoms with van der Waals surface area (Å²) in [5.41, 5.74) is 2.32. The number of aliphatic hydroxyl groups excluding tert-OH is 1. The molecule has 19 heavy (non-hydrogen) atoms. The van der Waals surface area contributed by atoms with Gasteiger partial charge in [0.25, 0.3) is 0 Å². The Hall–Kier alpha value is -2.20. The zero-order chi connectivity index (χ0) is 13.4. The first kappa shape index (κ1) is 11.9. The standard InChI is InChI=1S/C15H14N2O2/c1-9-12(10(2)18)8-16-15(17-9)14-7-11-5-3-4-6-13(11)19-14/h3-8,10,18H,1-2H3. The van der Waals surface area contributed by atoms with Crippen LogP contribution >= 0.6 is 0 Å². The second-order valence-electron chi connectivity index (χ2n) is 4.56. The fraction of sp³-hybridized carbons (Fsp3) is 0.200. The van der Waals surface area contributed by atoms with Crippen molar-refractivity contribution in [2.75, 3.05) is 0 Å². The SMILES string of the molecule is Cc1nc(-c2cc3ccccc3o2)ncc1C(C)O. The van der Waals surface area contributed by atoms with Gasteiger partial charge in [0, 0.05) is 22.8 Å². The summed E-state index contributed by atoms with van der Waals surface area (Å²) in [5, 5.41) is 10.6. The fourth-order valence-corrected chi connectivity index (χ4v) is 2.10. The second kappa shape index (κ2) is 4.48. The van der Waals surface area contributed by atoms with Gasteiger partial charge in [-0.2, -0.15) is 0 Å². The highest BCUT2D eigenvalue weighted by atomic mass is 16.3. The summed E-state index contributed by atoms with van der Waals surface area (Å²) in [6.07, 6.45) is 1.08. The van der Waals surface area contributed by atoms with Crippen molar-refractivity contribution in [3.05, 3.63) is 47.8 Å². The van der Waals surface area contributed by atoms with Gasteiger partial charge in [0.05, 0.1) is 6.10 Å². The van der Waals surface area contributed by atoms with Crippen molar-refractivity contribution in [2.24, 2.45) is 0 Å². The summed E-state index contributed by atoms with van der Waals surface area (Å²) in [4.78, 5) is 8.66. The number of hydrogen-bond acceptors (Lipinski definition) is 4. The lowest BCUT2D eigenvalue weighted by atomic mass is 10.1. The molecule has 0 bridgehead atoms. The zero-order valence-electron chi connectivity index (χ0n) is 10.8. The summed E-state index contributed by atoms with van der Waals surface area (Å²) in [6, 6.07) is 9.71. The lowest BCUT2D eigenvalue weighted by Gasteiger charge is -2.07. The molecule has 0 fully saturated rings. The van der Waals surface area contributed by atoms with Gasteiger partial charge in [-0.25, -0.2) is 9.97 Å². The van der Waals surface area contributed by atoms with Crippen molar-refractivity contribution in [2.45, 2.75) is 20.0 Å². The van der Waals surface area contributed by atoms with Gasteiger partial charge in [-0.1, -0.05) is 18.2 Å². The number of aryl methyl sites for hydroxylation is 1. The van der Waals surface area contributed by atoms with Crippen molar-refractivity contribution in [3.63, 3.8) is 0 Å². The molecule has 4 nitrogen and oxygen atoms in total. The first-order valence-electron chi connectivity index (χ1n) is 6.15. The molecule has 0 amide bonds. The first-order chi connectivity index (χ1) is 9.15. The van der Waals surface area contributed by atoms with E-state index in [4.69, 9.17) is 4.42 Å². The van der Waals surface area contributed by atoms with Gasteiger partial charge >= 0.3 is 0 Å². The second-order valence-corrected chi connectivity index (χ2v) is 4.56. The number of nitrogens with zero attached hydrogens (tertiary/aromatic N) is 2. The molecule has 2 aromatic heterocycles. The lowest BCUT2D eigenvalue weighted by Crippen LogP contribution is -2.00. The van der Waals surface area contributed by atoms with E-state index in [9.17, 15) is 5.11 Å². The molecule has 0 saturated heterocycles. The highest BCUT2D eigenvalue weighted by Gasteiger charge is 2.12. The van der Waals surface area contributed by atoms with Crippen LogP contribution in [0.1, 0.15) is 24.3 Å². The molecule has 0 spiro atoms. The molecule has 1 unspecified atom stereocenters. The van der Waals surface area contributed by atoms with E-state index in [0.29, 0.717) is 11.6 Å². The first-order valence-corrected chi connectivity index (χ1v) is 6.15. The highest BCUT2D eigenvalue weighted by molar-refractivity contribution is 5.81. The Morgan fingerprint density at radius 3 is 2.74 bits per heavy atom. The summed E-state index contributed by atoms with van der Waals surface area (Å²) in [5.74, 6) is 1.18. The normalized spacial score (nSPS) is 12.8. The van der Waals surface area contributed by atoms with Gasteiger partial charge in [0.15, 0.2) is 11.6 Å². The predicted molar refractivity (Wildman–Crippen MR) is 72.6 cm³/mol. The van der Waals surface area contributed by atoms with E-state index in [1.54, 1.807) is 13.1 Å². The monoisotopic (exact) mass is 254 g/mol. The maximum Gasteiger partial charge on any atom is 0.195 e. The molecule has 3 rings (SSSR count). The van der Waals surface area contributed by atoms with Crippen molar-refractivity contribution >= 4 is 11.0 Å². The number of hydrogen-bond donors (Lipinski definition) is 1. The summed E-state index contributed by atoms with van der Waals surface area (Å²) in [6.45, 7) is 3.56. The topological polar surface area (TPSA) is 59.2 Å². The van der Waals surface area contributed by atoms with Gasteiger partial charge in [-0.05, 0) is 26.0 Å². The smallest absolute Gasteiger partial charge is 0.195 e. The average molecular weight is 254 g/mol. The summed E-state index contributed by atoms with van der Waals surface area (Å²) >= 11 is 0. The van der Waals surface area contributed by atoms with Crippen LogP contribution in [0.25, 0.3) is 22.6 Å². The van der Waals surface area contributed by atoms with Gasteiger partial charge in [0.2, 0.25) is 0 Å². The van der Waals surface area contributed by atoms with Crippen LogP contribution in [-0.4, -0.2) is 15.1 Å². The van der Waals surface area contributed by atoms with E-state index in [1.165, 1.54) is 0 Å². The maximum absolute atomic E-state index is 9.58. The number of fused-ring (bicyclic) bond motifs is 1. The molecule has 96 valence electrons. The van der Waals surface area contributed by atoms with Crippen LogP contribution in [0.2, 0.25) is 0 Å². The van der Waals surface area contributed by atoms with Gasteiger partial charge < -0.3 is 9.52 Å². The number of aliphatic hydroxyl groups is 1. The van der Waals surface area contributed by atoms with E-state index >= 15 is 0 Å². The minimum atomic E-state index is -0.565. The van der Waals surface area contributed by atoms with E-state index in [0.717, 1.165) is 22.2 Å². The summed E-state index contributed by atoms with van der Waals surface area (Å²) in [7, 11) is 0. The Balaban J connectivity index is 2.09. The van der Waals surface area contributed by atoms with Crippen LogP contribution in [0.5, 0.6) is 0 Å². The third kappa shape index (κ3) is 2.11. The minimum absolute atomic E-state index is 0.540. The molecular weight excluding hydrogens is 240 g/mol. The molecule has 0 aliphatic carbocycles. The number of aromatic nitrogens is 2. The van der Waals surface area contributed by atoms with Crippen LogP contribution in [0, 0.1) is 6.92 Å². The molecule has 0 saturated carbocycles. The van der Waals surface area contributed by atoms with Crippen LogP contribution in [0.15, 0.2) is 40.9 Å². The van der Waals surface area contributed by atoms with Crippen LogP contribution in [0.3, 0.4) is 0 Å². The molecule has 0 radical (unpaired) electrons. The molecule has 0 aliphatic rings. The third-order valence-corrected chi connectivity index (χ3v) is 3.11. The third-order valence-electron chi connectivity index (χ3n) is 3.11. The predicted octanol–water partition coefficient (Wildman–Crippen LogP) is 3.25. The maximum atomic E-state index is 9.58. The molecular formula is C15H14N2O2. The van der Waals surface area contributed by atoms with E-state index in [-0.39, 0.29) is 0 Å². The molecule has 4 heteroatoms. The van der Waals surface area contributed by atoms with Gasteiger partial charge in [-0.15, -0.1) is 0 Å². The number of furan rings is 1. The molecule has 1 aromatic carbocycles. The number of rotatable bonds is 2. The Bertz CT molecular complexity index is 699. The van der Waals surface area contributed by atoms with Gasteiger partial charge in [-0.3, -0.25) is 0 Å². The quantitative estimate of drug-likeness (QED) is 0.762. The van der Waals surface area contributed by atoms with Crippen LogP contribution < -0.4 is 0 Å². The number of benzene rings is 1. The van der Waals surface area contributed by atoms with E-state index in [1.807, 2.05) is 37.3 Å². The molecule has 2 heterocycles. The molecule has 1 N–H and O–H groups in total. The Labute approximate surface area is 110 Å². The van der Waals surface area contributed by atoms with E-state index in [2.05, 4.69) is 9.97 Å². The highest BCUT2D eigenvalue weighted by Crippen LogP contribution is 2.26. The van der Waals surface area contributed by atoms with E-state index < -0.39 is 6.10 Å². The van der Waals surface area contributed by atoms with Crippen molar-refractivity contribution in [1.29, 1.82) is 0 Å². The molecule has 0 aliphatic heterocycles. The zero-order valence-corrected chi connectivity index (χ0v) is 10.8. The molecule has 3 aromatic rings. The number of para-hydroxylation sites is 1. The lowest BCUT2D eigenvalue weighted by molar-refractivity contribution is 0.197. The van der Waals surface area contributed by atoms with Crippen LogP contribution in [0.4, 0.5) is 0 Å². The van der Waals surface area contributed by atoms with Crippen molar-refractivity contribution in [3.8, 4) is 11.6 Å². The fourth-order valence-electron chi connectivity index (χ4n) is 2.10. The minimum Gasteiger partial charge on any atom is -0.453 e. The Kier molecular flexibility index (Phi) is 2.80.